The number of aliphatic hydroxyl groups is 1. The summed E-state index contributed by atoms with van der Waals surface area (Å²) < 4.78 is 51.2. The Hall–Kier alpha value is -1.14. The van der Waals surface area contributed by atoms with E-state index in [1.54, 1.807) is 0 Å². The number of hydrogen-bond donors (Lipinski definition) is 6. The van der Waals surface area contributed by atoms with Crippen molar-refractivity contribution in [1.82, 2.24) is 9.55 Å². The third kappa shape index (κ3) is 6.01. The van der Waals surface area contributed by atoms with E-state index in [0.717, 1.165) is 12.3 Å². The smallest absolute Gasteiger partial charge is 0.385 e. The predicted molar refractivity (Wildman–Crippen MR) is 98.5 cm³/mol. The van der Waals surface area contributed by atoms with Gasteiger partial charge in [0.25, 0.3) is 5.56 Å². The number of terminal acetylenes is 1. The molecule has 0 aromatic carbocycles. The van der Waals surface area contributed by atoms with Crippen molar-refractivity contribution in [2.24, 2.45) is 0 Å². The minimum absolute atomic E-state index is 0.671. The molecule has 1 aliphatic rings. The van der Waals surface area contributed by atoms with Crippen molar-refractivity contribution < 1.29 is 56.3 Å². The Bertz CT molecular complexity index is 1150. The number of nitrogens with one attached hydrogen (secondary N) is 1. The van der Waals surface area contributed by atoms with Crippen LogP contribution in [0.4, 0.5) is 0 Å². The van der Waals surface area contributed by atoms with Crippen LogP contribution in [0.15, 0.2) is 21.9 Å². The second-order valence-electron chi connectivity index (χ2n) is 5.89. The van der Waals surface area contributed by atoms with Crippen molar-refractivity contribution in [3.63, 3.8) is 0 Å². The summed E-state index contributed by atoms with van der Waals surface area (Å²) in [5.74, 6) is 1.91. The van der Waals surface area contributed by atoms with Crippen LogP contribution in [0.25, 0.3) is 0 Å². The summed E-state index contributed by atoms with van der Waals surface area (Å²) in [4.78, 5) is 58.6. The van der Waals surface area contributed by atoms with Gasteiger partial charge in [0.15, 0.2) is 10.6 Å². The summed E-state index contributed by atoms with van der Waals surface area (Å²) >= 11 is 6.26. The molecular formula is C11H14ClN2O14P3. The lowest BCUT2D eigenvalue weighted by atomic mass is 9.95. The van der Waals surface area contributed by atoms with Crippen molar-refractivity contribution in [3.05, 3.63) is 33.1 Å². The van der Waals surface area contributed by atoms with Gasteiger partial charge in [-0.3, -0.25) is 18.9 Å². The standard InChI is InChI=1S/C11H14ClN2O14P3/c1-2-10(5-26-30(21,22)28-31(23,24)27-29(18,19)20)8(16)11(12,6-25-10)14-4-3-7(15)13-9(14)17/h1,3-4,8,16H,5-6H2,(H,21,22)(H,23,24)(H,13,15,17)(H2,18,19,20)/t8-,10-,11+/m1/s1. The molecule has 2 heterocycles. The Morgan fingerprint density at radius 3 is 2.39 bits per heavy atom. The number of halogens is 1. The fourth-order valence-corrected chi connectivity index (χ4v) is 5.83. The number of hydrogen-bond acceptors (Lipinski definition) is 10. The van der Waals surface area contributed by atoms with Crippen molar-refractivity contribution >= 4 is 35.1 Å². The first-order valence-corrected chi connectivity index (χ1v) is 12.4. The number of aliphatic hydroxyl groups excluding tert-OH is 1. The third-order valence-electron chi connectivity index (χ3n) is 3.72. The molecule has 16 nitrogen and oxygen atoms in total. The number of ether oxygens (including phenoxy) is 1. The van der Waals surface area contributed by atoms with Gasteiger partial charge in [-0.05, 0) is 0 Å². The Morgan fingerprint density at radius 2 is 1.87 bits per heavy atom. The molecular weight excluding hydrogens is 512 g/mol. The minimum Gasteiger partial charge on any atom is -0.385 e. The van der Waals surface area contributed by atoms with Crippen molar-refractivity contribution in [2.45, 2.75) is 16.7 Å². The Balaban J connectivity index is 2.24. The monoisotopic (exact) mass is 526 g/mol. The first-order valence-electron chi connectivity index (χ1n) is 7.55. The van der Waals surface area contributed by atoms with Crippen molar-refractivity contribution in [3.8, 4) is 12.3 Å². The van der Waals surface area contributed by atoms with E-state index in [1.807, 2.05) is 10.9 Å². The summed E-state index contributed by atoms with van der Waals surface area (Å²) in [7, 11) is -17.0. The van der Waals surface area contributed by atoms with Crippen LogP contribution in [0.1, 0.15) is 0 Å². The van der Waals surface area contributed by atoms with Crippen LogP contribution in [0.2, 0.25) is 0 Å². The first-order chi connectivity index (χ1) is 14.0. The molecule has 31 heavy (non-hydrogen) atoms. The van der Waals surface area contributed by atoms with E-state index >= 15 is 0 Å². The van der Waals surface area contributed by atoms with Crippen LogP contribution in [0.3, 0.4) is 0 Å². The fraction of sp³-hybridized carbons (Fsp3) is 0.455. The highest BCUT2D eigenvalue weighted by Gasteiger charge is 2.59. The highest BCUT2D eigenvalue weighted by Crippen LogP contribution is 2.66. The summed E-state index contributed by atoms with van der Waals surface area (Å²) in [6.45, 7) is -1.90. The molecule has 2 unspecified atom stereocenters. The van der Waals surface area contributed by atoms with E-state index in [0.29, 0.717) is 4.57 Å². The maximum absolute atomic E-state index is 12.0. The molecule has 2 rings (SSSR count). The molecule has 0 amide bonds. The number of phosphoric acid groups is 3. The number of phosphoric ester groups is 1. The van der Waals surface area contributed by atoms with Crippen LogP contribution >= 0.6 is 35.1 Å². The first kappa shape index (κ1) is 26.1. The summed E-state index contributed by atoms with van der Waals surface area (Å²) in [6, 6.07) is 0.903. The number of alkyl halides is 1. The van der Waals surface area contributed by atoms with Crippen LogP contribution in [0, 0.1) is 12.3 Å². The normalized spacial score (nSPS) is 30.3. The van der Waals surface area contributed by atoms with E-state index < -0.39 is 64.6 Å². The van der Waals surface area contributed by atoms with Crippen LogP contribution in [-0.4, -0.2) is 59.2 Å². The summed E-state index contributed by atoms with van der Waals surface area (Å²) in [5.41, 5.74) is -4.14. The molecule has 1 fully saturated rings. The van der Waals surface area contributed by atoms with Gasteiger partial charge in [0, 0.05) is 12.3 Å². The number of H-pyrrole nitrogens is 1. The second-order valence-corrected chi connectivity index (χ2v) is 11.0. The second kappa shape index (κ2) is 8.66. The van der Waals surface area contributed by atoms with Gasteiger partial charge in [0.05, 0.1) is 6.61 Å². The van der Waals surface area contributed by atoms with E-state index in [1.165, 1.54) is 0 Å². The SMILES string of the molecule is C#C[C@]1(COP(=O)(O)OP(=O)(O)OP(=O)(O)O)OC[C@](Cl)(n2ccc(=O)[nH]c2=O)[C@@H]1O. The van der Waals surface area contributed by atoms with E-state index in [2.05, 4.69) is 13.1 Å². The highest BCUT2D eigenvalue weighted by atomic mass is 35.5. The quantitative estimate of drug-likeness (QED) is 0.129. The van der Waals surface area contributed by atoms with Gasteiger partial charge in [0.1, 0.15) is 12.7 Å². The molecule has 0 aliphatic carbocycles. The Labute approximate surface area is 176 Å². The highest BCUT2D eigenvalue weighted by molar-refractivity contribution is 7.66. The third-order valence-corrected chi connectivity index (χ3v) is 8.00. The number of nitrogens with zero attached hydrogens (tertiary/aromatic N) is 1. The van der Waals surface area contributed by atoms with E-state index in [-0.39, 0.29) is 0 Å². The van der Waals surface area contributed by atoms with Crippen LogP contribution < -0.4 is 11.2 Å². The number of aromatic nitrogens is 2. The van der Waals surface area contributed by atoms with Crippen LogP contribution in [0.5, 0.6) is 0 Å². The number of aromatic amines is 1. The zero-order valence-electron chi connectivity index (χ0n) is 14.8. The molecule has 20 heteroatoms. The molecule has 6 N–H and O–H groups in total. The largest absolute Gasteiger partial charge is 0.490 e. The lowest BCUT2D eigenvalue weighted by Gasteiger charge is -2.31. The maximum Gasteiger partial charge on any atom is 0.490 e. The molecule has 1 saturated heterocycles. The topological polar surface area (TPSA) is 244 Å². The predicted octanol–water partition coefficient (Wildman–Crippen LogP) is -1.47. The zero-order chi connectivity index (χ0) is 23.9. The van der Waals surface area contributed by atoms with Gasteiger partial charge in [-0.1, -0.05) is 17.5 Å². The lowest BCUT2D eigenvalue weighted by Crippen LogP contribution is -2.53. The van der Waals surface area contributed by atoms with E-state index in [4.69, 9.17) is 37.4 Å². The van der Waals surface area contributed by atoms with Gasteiger partial charge < -0.3 is 29.4 Å². The molecule has 0 bridgehead atoms. The molecule has 174 valence electrons. The summed E-state index contributed by atoms with van der Waals surface area (Å²) in [6.07, 6.45) is 4.20. The van der Waals surface area contributed by atoms with Crippen molar-refractivity contribution in [1.29, 1.82) is 0 Å². The van der Waals surface area contributed by atoms with Gasteiger partial charge >= 0.3 is 29.2 Å². The van der Waals surface area contributed by atoms with Gasteiger partial charge in [0.2, 0.25) is 0 Å². The van der Waals surface area contributed by atoms with Gasteiger partial charge in [-0.15, -0.1) is 6.42 Å². The molecule has 1 aromatic heterocycles. The van der Waals surface area contributed by atoms with E-state index in [9.17, 15) is 33.3 Å². The molecule has 0 radical (unpaired) electrons. The molecule has 1 aromatic rings. The average molecular weight is 527 g/mol. The van der Waals surface area contributed by atoms with Crippen LogP contribution in [-0.2, 0) is 36.6 Å². The molecule has 0 spiro atoms. The lowest BCUT2D eigenvalue weighted by molar-refractivity contribution is -0.0494. The Morgan fingerprint density at radius 1 is 1.26 bits per heavy atom. The number of rotatable bonds is 8. The summed E-state index contributed by atoms with van der Waals surface area (Å²) in [5, 5.41) is 10.6. The fourth-order valence-electron chi connectivity index (χ4n) is 2.42. The van der Waals surface area contributed by atoms with Gasteiger partial charge in [-0.2, -0.15) is 8.62 Å². The van der Waals surface area contributed by atoms with Gasteiger partial charge in [-0.25, -0.2) is 18.5 Å². The molecule has 5 atom stereocenters. The molecule has 0 saturated carbocycles. The zero-order valence-corrected chi connectivity index (χ0v) is 18.2. The maximum atomic E-state index is 12.0. The Kier molecular flexibility index (Phi) is 7.30. The molecule has 1 aliphatic heterocycles. The van der Waals surface area contributed by atoms with Crippen molar-refractivity contribution in [2.75, 3.05) is 13.2 Å². The average Bonchev–Trinajstić information content (AvgIpc) is 2.83. The minimum atomic E-state index is -5.79.